The molecule has 0 aromatic heterocycles. The van der Waals surface area contributed by atoms with Crippen molar-refractivity contribution in [1.29, 1.82) is 0 Å². The predicted octanol–water partition coefficient (Wildman–Crippen LogP) is 2.86. The molecular formula is C20H28N2O5. The monoisotopic (exact) mass is 376 g/mol. The fourth-order valence-electron chi connectivity index (χ4n) is 3.84. The topological polar surface area (TPSA) is 85.9 Å². The third-order valence-corrected chi connectivity index (χ3v) is 4.92. The summed E-state index contributed by atoms with van der Waals surface area (Å²) in [5.74, 6) is 0.205. The molecule has 2 N–H and O–H groups in total. The van der Waals surface area contributed by atoms with Gasteiger partial charge in [0.15, 0.2) is 0 Å². The molecule has 7 heteroatoms. The quantitative estimate of drug-likeness (QED) is 0.772. The first-order valence-electron chi connectivity index (χ1n) is 9.25. The second kappa shape index (κ2) is 7.03. The van der Waals surface area contributed by atoms with Crippen molar-refractivity contribution in [1.82, 2.24) is 10.6 Å². The fourth-order valence-corrected chi connectivity index (χ4v) is 3.84. The number of aryl methyl sites for hydroxylation is 1. The molecule has 0 radical (unpaired) electrons. The molecule has 1 spiro atoms. The number of hydrogen-bond acceptors (Lipinski definition) is 6. The van der Waals surface area contributed by atoms with Gasteiger partial charge in [-0.3, -0.25) is 0 Å². The first kappa shape index (κ1) is 19.5. The van der Waals surface area contributed by atoms with E-state index in [1.807, 2.05) is 27.7 Å². The molecule has 0 aliphatic carbocycles. The van der Waals surface area contributed by atoms with E-state index in [2.05, 4.69) is 10.6 Å². The molecule has 1 aromatic rings. The molecule has 0 saturated carbocycles. The van der Waals surface area contributed by atoms with Crippen molar-refractivity contribution in [2.75, 3.05) is 20.2 Å². The van der Waals surface area contributed by atoms with E-state index in [0.29, 0.717) is 24.3 Å². The van der Waals surface area contributed by atoms with Gasteiger partial charge in [-0.15, -0.1) is 0 Å². The van der Waals surface area contributed by atoms with Gasteiger partial charge in [-0.1, -0.05) is 0 Å². The Labute approximate surface area is 159 Å². The van der Waals surface area contributed by atoms with E-state index < -0.39 is 23.3 Å². The van der Waals surface area contributed by atoms with Crippen LogP contribution in [0.3, 0.4) is 0 Å². The van der Waals surface area contributed by atoms with Crippen LogP contribution in [-0.4, -0.2) is 43.5 Å². The van der Waals surface area contributed by atoms with Gasteiger partial charge in [0.2, 0.25) is 0 Å². The minimum atomic E-state index is -0.575. The average Bonchev–Trinajstić information content (AvgIpc) is 2.98. The summed E-state index contributed by atoms with van der Waals surface area (Å²) < 4.78 is 16.6. The van der Waals surface area contributed by atoms with Crippen LogP contribution in [0.15, 0.2) is 12.1 Å². The Morgan fingerprint density at radius 2 is 2.07 bits per heavy atom. The number of amides is 1. The van der Waals surface area contributed by atoms with Crippen LogP contribution in [0.1, 0.15) is 61.1 Å². The zero-order valence-corrected chi connectivity index (χ0v) is 16.6. The molecule has 2 heterocycles. The van der Waals surface area contributed by atoms with Crippen LogP contribution in [0.2, 0.25) is 0 Å². The SMILES string of the molecule is COC(=O)c1cc(C)c2c(c1)OC1(CCNC1)CC2NC(=O)OC(C)(C)C. The van der Waals surface area contributed by atoms with Gasteiger partial charge in [-0.25, -0.2) is 9.59 Å². The van der Waals surface area contributed by atoms with Crippen molar-refractivity contribution in [2.45, 2.75) is 57.8 Å². The molecule has 0 bridgehead atoms. The third-order valence-electron chi connectivity index (χ3n) is 4.92. The number of nitrogens with one attached hydrogen (secondary N) is 2. The van der Waals surface area contributed by atoms with Crippen molar-refractivity contribution >= 4 is 12.1 Å². The number of fused-ring (bicyclic) bond motifs is 1. The smallest absolute Gasteiger partial charge is 0.408 e. The third kappa shape index (κ3) is 4.18. The summed E-state index contributed by atoms with van der Waals surface area (Å²) in [5, 5.41) is 6.33. The van der Waals surface area contributed by atoms with E-state index in [1.165, 1.54) is 7.11 Å². The number of carbonyl (C=O) groups excluding carboxylic acids is 2. The summed E-state index contributed by atoms with van der Waals surface area (Å²) in [6.45, 7) is 8.95. The van der Waals surface area contributed by atoms with Crippen LogP contribution in [0.25, 0.3) is 0 Å². The lowest BCUT2D eigenvalue weighted by Gasteiger charge is -2.40. The van der Waals surface area contributed by atoms with Crippen LogP contribution in [-0.2, 0) is 9.47 Å². The zero-order chi connectivity index (χ0) is 19.8. The maximum absolute atomic E-state index is 12.4. The summed E-state index contributed by atoms with van der Waals surface area (Å²) in [6.07, 6.45) is 1.02. The molecule has 2 aliphatic heterocycles. The number of carbonyl (C=O) groups is 2. The van der Waals surface area contributed by atoms with Gasteiger partial charge in [0.25, 0.3) is 0 Å². The fraction of sp³-hybridized carbons (Fsp3) is 0.600. The first-order valence-corrected chi connectivity index (χ1v) is 9.25. The Bertz CT molecular complexity index is 747. The molecular weight excluding hydrogens is 348 g/mol. The second-order valence-corrected chi connectivity index (χ2v) is 8.31. The van der Waals surface area contributed by atoms with Gasteiger partial charge >= 0.3 is 12.1 Å². The summed E-state index contributed by atoms with van der Waals surface area (Å²) >= 11 is 0. The highest BCUT2D eigenvalue weighted by atomic mass is 16.6. The van der Waals surface area contributed by atoms with E-state index in [0.717, 1.165) is 24.1 Å². The molecule has 148 valence electrons. The number of hydrogen-bond donors (Lipinski definition) is 2. The van der Waals surface area contributed by atoms with Crippen LogP contribution in [0, 0.1) is 6.92 Å². The van der Waals surface area contributed by atoms with Gasteiger partial charge in [0.1, 0.15) is 17.0 Å². The van der Waals surface area contributed by atoms with Gasteiger partial charge in [-0.05, 0) is 51.9 Å². The summed E-state index contributed by atoms with van der Waals surface area (Å²) in [5.41, 5.74) is 1.20. The lowest BCUT2D eigenvalue weighted by atomic mass is 9.84. The van der Waals surface area contributed by atoms with Gasteiger partial charge in [0, 0.05) is 24.9 Å². The summed E-state index contributed by atoms with van der Waals surface area (Å²) in [6, 6.07) is 3.22. The Hall–Kier alpha value is -2.28. The molecule has 27 heavy (non-hydrogen) atoms. The van der Waals surface area contributed by atoms with Crippen molar-refractivity contribution < 1.29 is 23.8 Å². The maximum Gasteiger partial charge on any atom is 0.408 e. The number of benzene rings is 1. The maximum atomic E-state index is 12.4. The molecule has 1 aromatic carbocycles. The Balaban J connectivity index is 1.96. The molecule has 1 fully saturated rings. The van der Waals surface area contributed by atoms with E-state index in [4.69, 9.17) is 14.2 Å². The van der Waals surface area contributed by atoms with Crippen LogP contribution in [0.4, 0.5) is 4.79 Å². The minimum Gasteiger partial charge on any atom is -0.485 e. The minimum absolute atomic E-state index is 0.254. The molecule has 7 nitrogen and oxygen atoms in total. The Morgan fingerprint density at radius 1 is 1.33 bits per heavy atom. The average molecular weight is 376 g/mol. The Kier molecular flexibility index (Phi) is 5.08. The number of alkyl carbamates (subject to hydrolysis) is 1. The van der Waals surface area contributed by atoms with Crippen molar-refractivity contribution in [2.24, 2.45) is 0 Å². The van der Waals surface area contributed by atoms with Gasteiger partial charge in [-0.2, -0.15) is 0 Å². The number of esters is 1. The zero-order valence-electron chi connectivity index (χ0n) is 16.6. The predicted molar refractivity (Wildman–Crippen MR) is 100 cm³/mol. The first-order chi connectivity index (χ1) is 12.6. The van der Waals surface area contributed by atoms with Gasteiger partial charge < -0.3 is 24.8 Å². The number of rotatable bonds is 2. The summed E-state index contributed by atoms with van der Waals surface area (Å²) in [7, 11) is 1.35. The van der Waals surface area contributed by atoms with Crippen LogP contribution >= 0.6 is 0 Å². The molecule has 1 amide bonds. The molecule has 2 unspecified atom stereocenters. The van der Waals surface area contributed by atoms with Crippen molar-refractivity contribution in [3.05, 3.63) is 28.8 Å². The highest BCUT2D eigenvalue weighted by Gasteiger charge is 2.44. The number of ether oxygens (including phenoxy) is 3. The highest BCUT2D eigenvalue weighted by molar-refractivity contribution is 5.90. The van der Waals surface area contributed by atoms with Crippen molar-refractivity contribution in [3.63, 3.8) is 0 Å². The van der Waals surface area contributed by atoms with E-state index in [1.54, 1.807) is 12.1 Å². The largest absolute Gasteiger partial charge is 0.485 e. The Morgan fingerprint density at radius 3 is 2.67 bits per heavy atom. The lowest BCUT2D eigenvalue weighted by Crippen LogP contribution is -2.47. The van der Waals surface area contributed by atoms with Crippen molar-refractivity contribution in [3.8, 4) is 5.75 Å². The van der Waals surface area contributed by atoms with Gasteiger partial charge in [0.05, 0.1) is 18.7 Å². The van der Waals surface area contributed by atoms with Crippen LogP contribution in [0.5, 0.6) is 5.75 Å². The molecule has 1 saturated heterocycles. The van der Waals surface area contributed by atoms with E-state index >= 15 is 0 Å². The van der Waals surface area contributed by atoms with E-state index in [-0.39, 0.29) is 6.04 Å². The normalized spacial score (nSPS) is 24.1. The molecule has 2 atom stereocenters. The van der Waals surface area contributed by atoms with E-state index in [9.17, 15) is 9.59 Å². The highest BCUT2D eigenvalue weighted by Crippen LogP contribution is 2.44. The summed E-state index contributed by atoms with van der Waals surface area (Å²) in [4.78, 5) is 24.4. The number of methoxy groups -OCH3 is 1. The standard InChI is InChI=1S/C20H28N2O5/c1-12-8-13(17(23)25-5)9-15-16(12)14(22-18(24)27-19(2,3)4)10-20(26-15)6-7-21-11-20/h8-9,14,21H,6-7,10-11H2,1-5H3,(H,22,24). The molecule has 2 aliphatic rings. The lowest BCUT2D eigenvalue weighted by molar-refractivity contribution is 0.0316. The van der Waals surface area contributed by atoms with Crippen LogP contribution < -0.4 is 15.4 Å². The molecule has 3 rings (SSSR count). The second-order valence-electron chi connectivity index (χ2n) is 8.31.